The number of benzene rings is 1. The number of fused-ring (bicyclic) bond motifs is 1. The number of aromatic nitrogens is 3. The van der Waals surface area contributed by atoms with Crippen molar-refractivity contribution in [3.8, 4) is 5.88 Å². The Hall–Kier alpha value is -2.91. The summed E-state index contributed by atoms with van der Waals surface area (Å²) in [5.41, 5.74) is 0.272. The number of Topliss-reactive ketones (excluding diaryl/α,β-unsaturated/α-hetero) is 1. The number of carbonyl (C=O) groups excluding carboxylic acids is 1. The van der Waals surface area contributed by atoms with E-state index in [9.17, 15) is 23.8 Å². The topological polar surface area (TPSA) is 97.0 Å². The lowest BCUT2D eigenvalue weighted by Crippen LogP contribution is -2.32. The van der Waals surface area contributed by atoms with E-state index in [0.29, 0.717) is 17.8 Å². The number of hydrogen-bond donors (Lipinski definition) is 2. The lowest BCUT2D eigenvalue weighted by molar-refractivity contribution is 0.0399. The standard InChI is InChI=1S/C22H25F2N3O4/c1-4-22(11-28,12-29)8-18(30)19-14(3)26-20-21(25-13(2)9-27(19)20)31-10-15-16(23)6-5-7-17(15)24/h5-7,9,28-29H,4,8,10-12H2,1-3H3. The van der Waals surface area contributed by atoms with Crippen LogP contribution in [0, 0.1) is 30.9 Å². The van der Waals surface area contributed by atoms with E-state index in [1.807, 2.05) is 0 Å². The van der Waals surface area contributed by atoms with Crippen molar-refractivity contribution in [1.82, 2.24) is 14.4 Å². The van der Waals surface area contributed by atoms with Gasteiger partial charge in [-0.1, -0.05) is 13.0 Å². The Labute approximate surface area is 178 Å². The van der Waals surface area contributed by atoms with Crippen molar-refractivity contribution < 1.29 is 28.5 Å². The summed E-state index contributed by atoms with van der Waals surface area (Å²) in [6.45, 7) is 4.09. The molecule has 3 rings (SSSR count). The van der Waals surface area contributed by atoms with Crippen LogP contribution in [-0.4, -0.2) is 43.6 Å². The highest BCUT2D eigenvalue weighted by molar-refractivity contribution is 5.97. The summed E-state index contributed by atoms with van der Waals surface area (Å²) in [4.78, 5) is 21.7. The summed E-state index contributed by atoms with van der Waals surface area (Å²) < 4.78 is 35.0. The monoisotopic (exact) mass is 433 g/mol. The van der Waals surface area contributed by atoms with Gasteiger partial charge in [0.2, 0.25) is 5.65 Å². The van der Waals surface area contributed by atoms with E-state index >= 15 is 0 Å². The van der Waals surface area contributed by atoms with E-state index in [1.165, 1.54) is 10.5 Å². The third kappa shape index (κ3) is 4.42. The largest absolute Gasteiger partial charge is 0.470 e. The van der Waals surface area contributed by atoms with E-state index in [2.05, 4.69) is 9.97 Å². The van der Waals surface area contributed by atoms with Gasteiger partial charge in [0.15, 0.2) is 5.78 Å². The van der Waals surface area contributed by atoms with Crippen LogP contribution < -0.4 is 4.74 Å². The highest BCUT2D eigenvalue weighted by Crippen LogP contribution is 2.30. The normalized spacial score (nSPS) is 11.8. The van der Waals surface area contributed by atoms with Crippen LogP contribution in [0.2, 0.25) is 0 Å². The summed E-state index contributed by atoms with van der Waals surface area (Å²) in [5.74, 6) is -1.73. The first-order chi connectivity index (χ1) is 14.7. The molecule has 0 aliphatic heterocycles. The van der Waals surface area contributed by atoms with Gasteiger partial charge in [-0.25, -0.2) is 18.7 Å². The molecule has 0 saturated heterocycles. The summed E-state index contributed by atoms with van der Waals surface area (Å²) in [6.07, 6.45) is 1.97. The zero-order chi connectivity index (χ0) is 22.8. The Balaban J connectivity index is 1.99. The van der Waals surface area contributed by atoms with Gasteiger partial charge in [-0.3, -0.25) is 9.20 Å². The van der Waals surface area contributed by atoms with Gasteiger partial charge in [0.1, 0.15) is 23.9 Å². The quantitative estimate of drug-likeness (QED) is 0.503. The van der Waals surface area contributed by atoms with Gasteiger partial charge >= 0.3 is 0 Å². The van der Waals surface area contributed by atoms with E-state index in [-0.39, 0.29) is 48.2 Å². The van der Waals surface area contributed by atoms with Crippen molar-refractivity contribution >= 4 is 11.4 Å². The predicted molar refractivity (Wildman–Crippen MR) is 109 cm³/mol. The number of aryl methyl sites for hydroxylation is 2. The van der Waals surface area contributed by atoms with Crippen molar-refractivity contribution in [2.45, 2.75) is 40.2 Å². The van der Waals surface area contributed by atoms with Gasteiger partial charge in [-0.2, -0.15) is 0 Å². The molecule has 0 aliphatic carbocycles. The zero-order valence-corrected chi connectivity index (χ0v) is 17.7. The average Bonchev–Trinajstić information content (AvgIpc) is 3.07. The minimum absolute atomic E-state index is 0.0378. The molecule has 2 N–H and O–H groups in total. The molecule has 0 amide bonds. The van der Waals surface area contributed by atoms with E-state index in [0.717, 1.165) is 12.1 Å². The zero-order valence-electron chi connectivity index (χ0n) is 17.7. The number of aliphatic hydroxyl groups is 2. The maximum Gasteiger partial charge on any atom is 0.258 e. The van der Waals surface area contributed by atoms with Crippen LogP contribution in [0.15, 0.2) is 24.4 Å². The highest BCUT2D eigenvalue weighted by atomic mass is 19.1. The number of carbonyl (C=O) groups is 1. The fourth-order valence-electron chi connectivity index (χ4n) is 3.43. The lowest BCUT2D eigenvalue weighted by Gasteiger charge is -2.27. The minimum Gasteiger partial charge on any atom is -0.470 e. The molecule has 0 unspecified atom stereocenters. The van der Waals surface area contributed by atoms with Crippen LogP contribution in [0.25, 0.3) is 5.65 Å². The molecule has 7 nitrogen and oxygen atoms in total. The Bertz CT molecular complexity index is 1080. The molecule has 2 aromatic heterocycles. The molecular formula is C22H25F2N3O4. The number of ketones is 1. The number of rotatable bonds is 9. The number of imidazole rings is 1. The number of halogens is 2. The molecular weight excluding hydrogens is 408 g/mol. The summed E-state index contributed by atoms with van der Waals surface area (Å²) in [7, 11) is 0. The van der Waals surface area contributed by atoms with Crippen LogP contribution in [0.1, 0.15) is 47.2 Å². The first-order valence-corrected chi connectivity index (χ1v) is 9.92. The molecule has 1 aromatic carbocycles. The first kappa shape index (κ1) is 22.8. The van der Waals surface area contributed by atoms with Gasteiger partial charge in [-0.15, -0.1) is 0 Å². The number of ether oxygens (including phenoxy) is 1. The average molecular weight is 433 g/mol. The number of aliphatic hydroxyl groups excluding tert-OH is 2. The Morgan fingerprint density at radius 2 is 1.81 bits per heavy atom. The van der Waals surface area contributed by atoms with Crippen molar-refractivity contribution in [3.05, 3.63) is 58.7 Å². The van der Waals surface area contributed by atoms with Crippen molar-refractivity contribution in [1.29, 1.82) is 0 Å². The molecule has 166 valence electrons. The second-order valence-corrected chi connectivity index (χ2v) is 7.69. The van der Waals surface area contributed by atoms with Gasteiger partial charge in [0, 0.05) is 18.0 Å². The molecule has 3 aromatic rings. The molecule has 0 aliphatic rings. The lowest BCUT2D eigenvalue weighted by atomic mass is 9.81. The molecule has 0 saturated carbocycles. The van der Waals surface area contributed by atoms with Crippen LogP contribution >= 0.6 is 0 Å². The highest BCUT2D eigenvalue weighted by Gasteiger charge is 2.32. The molecule has 0 radical (unpaired) electrons. The Morgan fingerprint density at radius 3 is 2.39 bits per heavy atom. The number of nitrogens with zero attached hydrogens (tertiary/aromatic N) is 3. The smallest absolute Gasteiger partial charge is 0.258 e. The van der Waals surface area contributed by atoms with E-state index in [4.69, 9.17) is 4.74 Å². The fraction of sp³-hybridized carbons (Fsp3) is 0.409. The van der Waals surface area contributed by atoms with Crippen LogP contribution in [-0.2, 0) is 6.61 Å². The Morgan fingerprint density at radius 1 is 1.16 bits per heavy atom. The summed E-state index contributed by atoms with van der Waals surface area (Å²) in [6, 6.07) is 3.54. The fourth-order valence-corrected chi connectivity index (χ4v) is 3.43. The molecule has 2 heterocycles. The molecule has 0 fully saturated rings. The molecule has 31 heavy (non-hydrogen) atoms. The molecule has 0 spiro atoms. The summed E-state index contributed by atoms with van der Waals surface area (Å²) >= 11 is 0. The van der Waals surface area contributed by atoms with Crippen LogP contribution in [0.5, 0.6) is 5.88 Å². The Kier molecular flexibility index (Phi) is 6.66. The van der Waals surface area contributed by atoms with Gasteiger partial charge in [0.05, 0.1) is 30.2 Å². The van der Waals surface area contributed by atoms with Crippen molar-refractivity contribution in [2.24, 2.45) is 5.41 Å². The van der Waals surface area contributed by atoms with Gasteiger partial charge < -0.3 is 14.9 Å². The SMILES string of the molecule is CCC(CO)(CO)CC(=O)c1c(C)nc2c(OCc3c(F)cccc3F)nc(C)cn12. The maximum absolute atomic E-state index is 13.9. The van der Waals surface area contributed by atoms with Crippen molar-refractivity contribution in [3.63, 3.8) is 0 Å². The van der Waals surface area contributed by atoms with E-state index in [1.54, 1.807) is 27.0 Å². The first-order valence-electron chi connectivity index (χ1n) is 9.92. The van der Waals surface area contributed by atoms with E-state index < -0.39 is 23.7 Å². The maximum atomic E-state index is 13.9. The third-order valence-electron chi connectivity index (χ3n) is 5.51. The van der Waals surface area contributed by atoms with Gasteiger partial charge in [0.25, 0.3) is 5.88 Å². The number of hydrogen-bond acceptors (Lipinski definition) is 6. The van der Waals surface area contributed by atoms with Gasteiger partial charge in [-0.05, 0) is 32.4 Å². The predicted octanol–water partition coefficient (Wildman–Crippen LogP) is 3.16. The second-order valence-electron chi connectivity index (χ2n) is 7.69. The van der Waals surface area contributed by atoms with Crippen molar-refractivity contribution in [2.75, 3.05) is 13.2 Å². The van der Waals surface area contributed by atoms with Crippen LogP contribution in [0.4, 0.5) is 8.78 Å². The molecule has 9 heteroatoms. The van der Waals surface area contributed by atoms with Crippen LogP contribution in [0.3, 0.4) is 0 Å². The third-order valence-corrected chi connectivity index (χ3v) is 5.51. The molecule has 0 bridgehead atoms. The second kappa shape index (κ2) is 9.07. The minimum atomic E-state index is -0.933. The summed E-state index contributed by atoms with van der Waals surface area (Å²) in [5, 5.41) is 19.4. The molecule has 0 atom stereocenters.